The summed E-state index contributed by atoms with van der Waals surface area (Å²) in [5, 5.41) is 3.98. The molecule has 19 heavy (non-hydrogen) atoms. The molecule has 0 aromatic heterocycles. The van der Waals surface area contributed by atoms with E-state index in [4.69, 9.17) is 0 Å². The van der Waals surface area contributed by atoms with Crippen molar-refractivity contribution >= 4 is 27.5 Å². The first-order chi connectivity index (χ1) is 9.04. The first kappa shape index (κ1) is 16.0. The Labute approximate surface area is 124 Å². The zero-order valence-corrected chi connectivity index (χ0v) is 13.5. The van der Waals surface area contributed by atoms with E-state index in [2.05, 4.69) is 28.2 Å². The van der Waals surface area contributed by atoms with E-state index in [9.17, 15) is 4.79 Å². The van der Waals surface area contributed by atoms with E-state index in [0.29, 0.717) is 5.92 Å². The molecular weight excluding hydrogens is 304 g/mol. The largest absolute Gasteiger partial charge is 0.378 e. The molecule has 0 aliphatic rings. The molecule has 1 amide bonds. The topological polar surface area (TPSA) is 32.3 Å². The maximum Gasteiger partial charge on any atom is 0.251 e. The molecule has 1 atom stereocenters. The quantitative estimate of drug-likeness (QED) is 0.616. The van der Waals surface area contributed by atoms with E-state index in [1.54, 1.807) is 0 Å². The van der Waals surface area contributed by atoms with Gasteiger partial charge in [0.1, 0.15) is 0 Å². The van der Waals surface area contributed by atoms with Gasteiger partial charge in [0.15, 0.2) is 0 Å². The Hall–Kier alpha value is -1.03. The molecule has 3 nitrogen and oxygen atoms in total. The van der Waals surface area contributed by atoms with Gasteiger partial charge in [-0.1, -0.05) is 22.9 Å². The van der Waals surface area contributed by atoms with E-state index in [0.717, 1.165) is 36.0 Å². The monoisotopic (exact) mass is 326 g/mol. The van der Waals surface area contributed by atoms with Crippen molar-refractivity contribution < 1.29 is 4.79 Å². The minimum atomic E-state index is 0.0109. The summed E-state index contributed by atoms with van der Waals surface area (Å²) in [7, 11) is 3.97. The third kappa shape index (κ3) is 5.64. The average Bonchev–Trinajstić information content (AvgIpc) is 2.43. The van der Waals surface area contributed by atoms with Gasteiger partial charge in [0, 0.05) is 37.2 Å². The normalized spacial score (nSPS) is 12.0. The first-order valence-corrected chi connectivity index (χ1v) is 7.78. The lowest BCUT2D eigenvalue weighted by molar-refractivity contribution is 0.0952. The molecule has 4 heteroatoms. The third-order valence-corrected chi connectivity index (χ3v) is 4.17. The lowest BCUT2D eigenvalue weighted by Crippen LogP contribution is -2.24. The Bertz CT molecular complexity index is 390. The standard InChI is InChI=1S/C15H23BrN2O/c1-12(11-16)5-4-10-17-15(19)13-6-8-14(9-7-13)18(2)3/h6-9,12H,4-5,10-11H2,1-3H3,(H,17,19). The van der Waals surface area contributed by atoms with Gasteiger partial charge in [0.25, 0.3) is 5.91 Å². The SMILES string of the molecule is CC(CBr)CCCNC(=O)c1ccc(N(C)C)cc1. The molecule has 0 spiro atoms. The maximum absolute atomic E-state index is 11.9. The van der Waals surface area contributed by atoms with E-state index >= 15 is 0 Å². The molecule has 0 heterocycles. The molecule has 106 valence electrons. The fourth-order valence-electron chi connectivity index (χ4n) is 1.74. The van der Waals surface area contributed by atoms with Gasteiger partial charge in [-0.25, -0.2) is 0 Å². The van der Waals surface area contributed by atoms with Crippen molar-refractivity contribution in [2.24, 2.45) is 5.92 Å². The summed E-state index contributed by atoms with van der Waals surface area (Å²) >= 11 is 3.46. The number of carbonyl (C=O) groups is 1. The summed E-state index contributed by atoms with van der Waals surface area (Å²) in [6.45, 7) is 2.95. The van der Waals surface area contributed by atoms with Crippen LogP contribution in [-0.2, 0) is 0 Å². The van der Waals surface area contributed by atoms with E-state index in [1.807, 2.05) is 43.3 Å². The fourth-order valence-corrected chi connectivity index (χ4v) is 2.07. The lowest BCUT2D eigenvalue weighted by Gasteiger charge is -2.13. The number of halogens is 1. The Kier molecular flexibility index (Phi) is 6.92. The molecular formula is C15H23BrN2O. The highest BCUT2D eigenvalue weighted by Gasteiger charge is 2.05. The predicted octanol–water partition coefficient (Wildman–Crippen LogP) is 3.29. The molecule has 1 aromatic rings. The number of alkyl halides is 1. The molecule has 1 unspecified atom stereocenters. The van der Waals surface area contributed by atoms with Crippen LogP contribution in [0.2, 0.25) is 0 Å². The maximum atomic E-state index is 11.9. The van der Waals surface area contributed by atoms with Crippen molar-refractivity contribution in [1.82, 2.24) is 5.32 Å². The summed E-state index contributed by atoms with van der Waals surface area (Å²) in [6.07, 6.45) is 2.15. The van der Waals surface area contributed by atoms with Crippen LogP contribution in [0.15, 0.2) is 24.3 Å². The van der Waals surface area contributed by atoms with Crippen molar-refractivity contribution in [2.45, 2.75) is 19.8 Å². The van der Waals surface area contributed by atoms with Crippen molar-refractivity contribution in [3.63, 3.8) is 0 Å². The zero-order chi connectivity index (χ0) is 14.3. The number of hydrogen-bond donors (Lipinski definition) is 1. The fraction of sp³-hybridized carbons (Fsp3) is 0.533. The van der Waals surface area contributed by atoms with Gasteiger partial charge < -0.3 is 10.2 Å². The predicted molar refractivity (Wildman–Crippen MR) is 85.3 cm³/mol. The summed E-state index contributed by atoms with van der Waals surface area (Å²) in [5.41, 5.74) is 1.82. The minimum Gasteiger partial charge on any atom is -0.378 e. The van der Waals surface area contributed by atoms with E-state index in [1.165, 1.54) is 0 Å². The van der Waals surface area contributed by atoms with Crippen LogP contribution in [0, 0.1) is 5.92 Å². The van der Waals surface area contributed by atoms with Crippen molar-refractivity contribution in [2.75, 3.05) is 30.9 Å². The Morgan fingerprint density at radius 3 is 2.47 bits per heavy atom. The molecule has 1 rings (SSSR count). The highest BCUT2D eigenvalue weighted by Crippen LogP contribution is 2.12. The summed E-state index contributed by atoms with van der Waals surface area (Å²) in [6, 6.07) is 7.65. The highest BCUT2D eigenvalue weighted by molar-refractivity contribution is 9.09. The number of carbonyl (C=O) groups excluding carboxylic acids is 1. The van der Waals surface area contributed by atoms with Crippen LogP contribution in [0.1, 0.15) is 30.1 Å². The molecule has 0 saturated carbocycles. The van der Waals surface area contributed by atoms with Gasteiger partial charge in [0.05, 0.1) is 0 Å². The van der Waals surface area contributed by atoms with Crippen LogP contribution in [0.4, 0.5) is 5.69 Å². The Morgan fingerprint density at radius 1 is 1.32 bits per heavy atom. The third-order valence-electron chi connectivity index (χ3n) is 3.07. The Balaban J connectivity index is 2.37. The van der Waals surface area contributed by atoms with Crippen LogP contribution in [0.25, 0.3) is 0 Å². The second kappa shape index (κ2) is 8.20. The molecule has 0 fully saturated rings. The molecule has 0 bridgehead atoms. The van der Waals surface area contributed by atoms with Gasteiger partial charge in [-0.3, -0.25) is 4.79 Å². The molecule has 1 N–H and O–H groups in total. The first-order valence-electron chi connectivity index (χ1n) is 6.66. The number of hydrogen-bond acceptors (Lipinski definition) is 2. The van der Waals surface area contributed by atoms with Gasteiger partial charge in [-0.15, -0.1) is 0 Å². The average molecular weight is 327 g/mol. The summed E-state index contributed by atoms with van der Waals surface area (Å²) in [4.78, 5) is 13.9. The number of nitrogens with zero attached hydrogens (tertiary/aromatic N) is 1. The molecule has 0 saturated heterocycles. The van der Waals surface area contributed by atoms with Crippen LogP contribution in [0.5, 0.6) is 0 Å². The van der Waals surface area contributed by atoms with E-state index < -0.39 is 0 Å². The number of amides is 1. The molecule has 0 radical (unpaired) electrons. The van der Waals surface area contributed by atoms with Crippen molar-refractivity contribution in [3.8, 4) is 0 Å². The van der Waals surface area contributed by atoms with Gasteiger partial charge >= 0.3 is 0 Å². The Morgan fingerprint density at radius 2 is 1.95 bits per heavy atom. The zero-order valence-electron chi connectivity index (χ0n) is 11.9. The lowest BCUT2D eigenvalue weighted by atomic mass is 10.1. The van der Waals surface area contributed by atoms with Gasteiger partial charge in [0.2, 0.25) is 0 Å². The molecule has 0 aliphatic heterocycles. The van der Waals surface area contributed by atoms with Crippen molar-refractivity contribution in [1.29, 1.82) is 0 Å². The van der Waals surface area contributed by atoms with Crippen LogP contribution < -0.4 is 10.2 Å². The van der Waals surface area contributed by atoms with E-state index in [-0.39, 0.29) is 5.91 Å². The van der Waals surface area contributed by atoms with Gasteiger partial charge in [-0.05, 0) is 43.0 Å². The molecule has 1 aromatic carbocycles. The number of rotatable bonds is 7. The van der Waals surface area contributed by atoms with Crippen LogP contribution >= 0.6 is 15.9 Å². The second-order valence-electron chi connectivity index (χ2n) is 5.10. The molecule has 0 aliphatic carbocycles. The minimum absolute atomic E-state index is 0.0109. The smallest absolute Gasteiger partial charge is 0.251 e. The summed E-state index contributed by atoms with van der Waals surface area (Å²) in [5.74, 6) is 0.674. The number of benzene rings is 1. The number of anilines is 1. The van der Waals surface area contributed by atoms with Crippen LogP contribution in [0.3, 0.4) is 0 Å². The summed E-state index contributed by atoms with van der Waals surface area (Å²) < 4.78 is 0. The highest BCUT2D eigenvalue weighted by atomic mass is 79.9. The van der Waals surface area contributed by atoms with Crippen molar-refractivity contribution in [3.05, 3.63) is 29.8 Å². The van der Waals surface area contributed by atoms with Crippen LogP contribution in [-0.4, -0.2) is 31.9 Å². The number of nitrogens with one attached hydrogen (secondary N) is 1. The second-order valence-corrected chi connectivity index (χ2v) is 5.75. The van der Waals surface area contributed by atoms with Gasteiger partial charge in [-0.2, -0.15) is 0 Å².